The summed E-state index contributed by atoms with van der Waals surface area (Å²) in [4.78, 5) is 23.4. The molecule has 5 aromatic rings. The maximum atomic E-state index is 12.7. The second kappa shape index (κ2) is 6.90. The molecule has 2 N–H and O–H groups in total. The first-order valence-electron chi connectivity index (χ1n) is 9.36. The van der Waals surface area contributed by atoms with E-state index in [-0.39, 0.29) is 5.56 Å². The maximum absolute atomic E-state index is 12.7. The van der Waals surface area contributed by atoms with Crippen LogP contribution in [0.5, 0.6) is 5.75 Å². The zero-order valence-electron chi connectivity index (χ0n) is 16.1. The zero-order valence-corrected chi connectivity index (χ0v) is 16.1. The van der Waals surface area contributed by atoms with Gasteiger partial charge in [0.15, 0.2) is 5.69 Å². The third-order valence-electron chi connectivity index (χ3n) is 5.12. The number of hydrogen-bond donors (Lipinski definition) is 2. The molecule has 0 fully saturated rings. The molecule has 2 aromatic heterocycles. The summed E-state index contributed by atoms with van der Waals surface area (Å²) in [6.45, 7) is 0. The zero-order chi connectivity index (χ0) is 20.7. The molecule has 0 unspecified atom stereocenters. The Morgan fingerprint density at radius 3 is 2.43 bits per heavy atom. The van der Waals surface area contributed by atoms with Crippen LogP contribution in [0.4, 0.5) is 0 Å². The summed E-state index contributed by atoms with van der Waals surface area (Å²) in [6, 6.07) is 22.9. The Bertz CT molecular complexity index is 1510. The van der Waals surface area contributed by atoms with E-state index in [2.05, 4.69) is 21.0 Å². The lowest BCUT2D eigenvalue weighted by molar-refractivity contribution is 0.415. The van der Waals surface area contributed by atoms with Gasteiger partial charge in [-0.2, -0.15) is 5.26 Å². The summed E-state index contributed by atoms with van der Waals surface area (Å²) in [6.07, 6.45) is 0. The molecule has 0 aliphatic rings. The topological polar surface area (TPSA) is 94.6 Å². The van der Waals surface area contributed by atoms with Gasteiger partial charge in [-0.05, 0) is 59.7 Å². The van der Waals surface area contributed by atoms with Gasteiger partial charge < -0.3 is 14.7 Å². The second-order valence-corrected chi connectivity index (χ2v) is 6.97. The van der Waals surface area contributed by atoms with E-state index in [1.165, 1.54) is 0 Å². The molecule has 0 bridgehead atoms. The standard InChI is InChI=1S/C24H16N4O2/c1-30-18-6-3-15(4-7-18)16-5-9-20-21(11-16)27-23(24(29)28-20)22-12-17-10-14(13-25)2-8-19(17)26-22/h2-12,26H,1H3,(H,28,29). The van der Waals surface area contributed by atoms with Gasteiger partial charge in [-0.1, -0.05) is 18.2 Å². The van der Waals surface area contributed by atoms with Crippen molar-refractivity contribution < 1.29 is 4.74 Å². The molecular formula is C24H16N4O2. The van der Waals surface area contributed by atoms with Gasteiger partial charge in [0.2, 0.25) is 0 Å². The van der Waals surface area contributed by atoms with E-state index in [0.29, 0.717) is 28.0 Å². The van der Waals surface area contributed by atoms with Crippen LogP contribution >= 0.6 is 0 Å². The number of methoxy groups -OCH3 is 1. The van der Waals surface area contributed by atoms with E-state index in [4.69, 9.17) is 10.00 Å². The van der Waals surface area contributed by atoms with Crippen LogP contribution in [0.1, 0.15) is 5.56 Å². The Balaban J connectivity index is 1.63. The first-order chi connectivity index (χ1) is 14.6. The Labute approximate surface area is 171 Å². The molecule has 0 saturated heterocycles. The van der Waals surface area contributed by atoms with Crippen molar-refractivity contribution in [2.75, 3.05) is 7.11 Å². The highest BCUT2D eigenvalue weighted by atomic mass is 16.5. The van der Waals surface area contributed by atoms with Crippen molar-refractivity contribution >= 4 is 21.9 Å². The third-order valence-corrected chi connectivity index (χ3v) is 5.12. The quantitative estimate of drug-likeness (QED) is 0.468. The molecule has 0 atom stereocenters. The van der Waals surface area contributed by atoms with Crippen LogP contribution in [0.25, 0.3) is 44.5 Å². The van der Waals surface area contributed by atoms with E-state index >= 15 is 0 Å². The summed E-state index contributed by atoms with van der Waals surface area (Å²) < 4.78 is 5.22. The smallest absolute Gasteiger partial charge is 0.276 e. The van der Waals surface area contributed by atoms with Crippen molar-refractivity contribution in [3.63, 3.8) is 0 Å². The van der Waals surface area contributed by atoms with Crippen LogP contribution in [0, 0.1) is 11.3 Å². The molecule has 0 saturated carbocycles. The Morgan fingerprint density at radius 2 is 1.67 bits per heavy atom. The molecule has 0 spiro atoms. The SMILES string of the molecule is COc1ccc(-c2ccc3[nH]c(=O)c(-c4cc5cc(C#N)ccc5[nH]4)nc3c2)cc1. The predicted octanol–water partition coefficient (Wildman–Crippen LogP) is 4.62. The molecule has 0 aliphatic heterocycles. The van der Waals surface area contributed by atoms with E-state index in [1.807, 2.05) is 54.6 Å². The fourth-order valence-electron chi connectivity index (χ4n) is 3.56. The van der Waals surface area contributed by atoms with Crippen LogP contribution in [0.2, 0.25) is 0 Å². The van der Waals surface area contributed by atoms with Crippen molar-refractivity contribution in [1.29, 1.82) is 5.26 Å². The first kappa shape index (κ1) is 17.7. The number of rotatable bonds is 3. The first-order valence-corrected chi connectivity index (χ1v) is 9.36. The number of aromatic nitrogens is 3. The molecule has 0 radical (unpaired) electrons. The van der Waals surface area contributed by atoms with E-state index < -0.39 is 0 Å². The lowest BCUT2D eigenvalue weighted by atomic mass is 10.0. The summed E-state index contributed by atoms with van der Waals surface area (Å²) >= 11 is 0. The van der Waals surface area contributed by atoms with Crippen LogP contribution in [0.15, 0.2) is 71.5 Å². The minimum Gasteiger partial charge on any atom is -0.497 e. The molecule has 6 heteroatoms. The van der Waals surface area contributed by atoms with Gasteiger partial charge in [0.1, 0.15) is 5.75 Å². The molecule has 5 rings (SSSR count). The summed E-state index contributed by atoms with van der Waals surface area (Å²) in [5, 5.41) is 9.96. The number of nitrogens with one attached hydrogen (secondary N) is 2. The normalized spacial score (nSPS) is 10.9. The van der Waals surface area contributed by atoms with Gasteiger partial charge in [0, 0.05) is 10.9 Å². The monoisotopic (exact) mass is 392 g/mol. The Morgan fingerprint density at radius 1 is 0.900 bits per heavy atom. The number of H-pyrrole nitrogens is 2. The third kappa shape index (κ3) is 2.99. The van der Waals surface area contributed by atoms with E-state index in [9.17, 15) is 4.79 Å². The van der Waals surface area contributed by atoms with Gasteiger partial charge in [0.25, 0.3) is 5.56 Å². The van der Waals surface area contributed by atoms with Crippen molar-refractivity contribution in [3.05, 3.63) is 82.6 Å². The summed E-state index contributed by atoms with van der Waals surface area (Å²) in [5.41, 5.74) is 5.44. The minimum absolute atomic E-state index is 0.272. The highest BCUT2D eigenvalue weighted by Gasteiger charge is 2.12. The van der Waals surface area contributed by atoms with Gasteiger partial charge in [-0.15, -0.1) is 0 Å². The molecule has 0 amide bonds. The van der Waals surface area contributed by atoms with Crippen LogP contribution < -0.4 is 10.3 Å². The van der Waals surface area contributed by atoms with Crippen LogP contribution in [-0.2, 0) is 0 Å². The molecule has 2 heterocycles. The molecule has 6 nitrogen and oxygen atoms in total. The average molecular weight is 392 g/mol. The van der Waals surface area contributed by atoms with Crippen molar-refractivity contribution in [2.24, 2.45) is 0 Å². The predicted molar refractivity (Wildman–Crippen MR) is 116 cm³/mol. The fourth-order valence-corrected chi connectivity index (χ4v) is 3.56. The number of hydrogen-bond acceptors (Lipinski definition) is 4. The van der Waals surface area contributed by atoms with E-state index in [1.54, 1.807) is 19.2 Å². The van der Waals surface area contributed by atoms with Gasteiger partial charge in [-0.3, -0.25) is 4.79 Å². The largest absolute Gasteiger partial charge is 0.497 e. The number of nitriles is 1. The van der Waals surface area contributed by atoms with Gasteiger partial charge in [0.05, 0.1) is 35.5 Å². The van der Waals surface area contributed by atoms with Crippen LogP contribution in [0.3, 0.4) is 0 Å². The molecule has 144 valence electrons. The maximum Gasteiger partial charge on any atom is 0.276 e. The Hall–Kier alpha value is -4.37. The highest BCUT2D eigenvalue weighted by molar-refractivity contribution is 5.88. The van der Waals surface area contributed by atoms with Crippen LogP contribution in [-0.4, -0.2) is 22.1 Å². The van der Waals surface area contributed by atoms with Crippen molar-refractivity contribution in [3.8, 4) is 34.3 Å². The molecule has 30 heavy (non-hydrogen) atoms. The van der Waals surface area contributed by atoms with Crippen molar-refractivity contribution in [1.82, 2.24) is 15.0 Å². The lowest BCUT2D eigenvalue weighted by Crippen LogP contribution is -2.11. The fraction of sp³-hybridized carbons (Fsp3) is 0.0417. The highest BCUT2D eigenvalue weighted by Crippen LogP contribution is 2.26. The summed E-state index contributed by atoms with van der Waals surface area (Å²) in [5.74, 6) is 0.794. The molecule has 0 aliphatic carbocycles. The number of aromatic amines is 2. The second-order valence-electron chi connectivity index (χ2n) is 6.97. The number of fused-ring (bicyclic) bond motifs is 2. The number of ether oxygens (including phenoxy) is 1. The molecular weight excluding hydrogens is 376 g/mol. The average Bonchev–Trinajstić information content (AvgIpc) is 3.21. The Kier molecular flexibility index (Phi) is 4.08. The van der Waals surface area contributed by atoms with Gasteiger partial charge >= 0.3 is 0 Å². The molecule has 3 aromatic carbocycles. The summed E-state index contributed by atoms with van der Waals surface area (Å²) in [7, 11) is 1.64. The minimum atomic E-state index is -0.272. The van der Waals surface area contributed by atoms with E-state index in [0.717, 1.165) is 27.8 Å². The van der Waals surface area contributed by atoms with Gasteiger partial charge in [-0.25, -0.2) is 4.98 Å². The number of benzene rings is 3. The van der Waals surface area contributed by atoms with Crippen molar-refractivity contribution in [2.45, 2.75) is 0 Å². The number of nitrogens with zero attached hydrogens (tertiary/aromatic N) is 2. The lowest BCUT2D eigenvalue weighted by Gasteiger charge is -2.06.